The maximum atomic E-state index is 13.1. The molecule has 1 atom stereocenters. The number of carbonyl (C=O) groups is 1. The average Bonchev–Trinajstić information content (AvgIpc) is 3.31. The van der Waals surface area contributed by atoms with Crippen LogP contribution in [0, 0.1) is 13.8 Å². The van der Waals surface area contributed by atoms with E-state index in [-0.39, 0.29) is 5.91 Å². The minimum Gasteiger partial charge on any atom is -0.380 e. The molecule has 0 saturated carbocycles. The Kier molecular flexibility index (Phi) is 7.79. The van der Waals surface area contributed by atoms with Gasteiger partial charge in [0, 0.05) is 26.2 Å². The van der Waals surface area contributed by atoms with Gasteiger partial charge in [-0.1, -0.05) is 18.2 Å². The molecule has 8 nitrogen and oxygen atoms in total. The Morgan fingerprint density at radius 2 is 1.95 bits per heavy atom. The highest BCUT2D eigenvalue weighted by Crippen LogP contribution is 2.31. The molecule has 1 aromatic carbocycles. The van der Waals surface area contributed by atoms with Crippen molar-refractivity contribution in [1.29, 1.82) is 0 Å². The molecule has 194 valence electrons. The first kappa shape index (κ1) is 25.3. The van der Waals surface area contributed by atoms with Crippen LogP contribution in [0.3, 0.4) is 0 Å². The van der Waals surface area contributed by atoms with Gasteiger partial charge in [-0.25, -0.2) is 4.68 Å². The number of benzene rings is 1. The maximum absolute atomic E-state index is 13.1. The number of amides is 1. The van der Waals surface area contributed by atoms with Gasteiger partial charge in [0.2, 0.25) is 0 Å². The van der Waals surface area contributed by atoms with Gasteiger partial charge in [0.15, 0.2) is 0 Å². The van der Waals surface area contributed by atoms with Gasteiger partial charge in [0.25, 0.3) is 5.91 Å². The lowest BCUT2D eigenvalue weighted by Gasteiger charge is -2.36. The molecule has 2 aliphatic rings. The van der Waals surface area contributed by atoms with E-state index in [0.29, 0.717) is 23.9 Å². The summed E-state index contributed by atoms with van der Waals surface area (Å²) in [7, 11) is 1.68. The second kappa shape index (κ2) is 11.4. The monoisotopic (exact) mass is 501 g/mol. The molecule has 1 fully saturated rings. The minimum atomic E-state index is -0.195. The lowest BCUT2D eigenvalue weighted by molar-refractivity contribution is 0.0150. The highest BCUT2D eigenvalue weighted by molar-refractivity contribution is 6.05. The highest BCUT2D eigenvalue weighted by atomic mass is 16.5. The lowest BCUT2D eigenvalue weighted by Crippen LogP contribution is -2.43. The number of pyridine rings is 1. The van der Waals surface area contributed by atoms with Crippen LogP contribution in [-0.4, -0.2) is 65.0 Å². The molecule has 3 heterocycles. The van der Waals surface area contributed by atoms with Gasteiger partial charge in [0.1, 0.15) is 0 Å². The van der Waals surface area contributed by atoms with E-state index in [1.165, 1.54) is 5.57 Å². The first-order valence-corrected chi connectivity index (χ1v) is 13.0. The number of nitrogens with zero attached hydrogens (tertiary/aromatic N) is 4. The van der Waals surface area contributed by atoms with Crippen molar-refractivity contribution < 1.29 is 14.3 Å². The summed E-state index contributed by atoms with van der Waals surface area (Å²) in [6.45, 7) is 8.24. The number of allylic oxidation sites excluding steroid dienone is 1. The van der Waals surface area contributed by atoms with E-state index in [9.17, 15) is 4.79 Å². The van der Waals surface area contributed by atoms with Gasteiger partial charge in [-0.05, 0) is 68.0 Å². The standard InChI is InChI=1S/C29H35N5O3/c1-20-16-24(17-30-28(20)23-6-10-25(11-7-23)33-12-14-37-15-13-33)32-29(35)27-18-31-34(21(27)2)26-8-4-22(5-9-26)19-36-3/h4-6,8-9,16-18,25H,7,10-15,19H2,1-3H3,(H,32,35). The molecule has 1 aliphatic heterocycles. The summed E-state index contributed by atoms with van der Waals surface area (Å²) in [5, 5.41) is 7.45. The summed E-state index contributed by atoms with van der Waals surface area (Å²) in [5.41, 5.74) is 7.37. The fourth-order valence-corrected chi connectivity index (χ4v) is 5.28. The van der Waals surface area contributed by atoms with Crippen molar-refractivity contribution in [2.45, 2.75) is 45.8 Å². The van der Waals surface area contributed by atoms with Crippen LogP contribution in [0.1, 0.15) is 52.1 Å². The first-order valence-electron chi connectivity index (χ1n) is 13.0. The number of ether oxygens (including phenoxy) is 2. The number of hydrogen-bond acceptors (Lipinski definition) is 6. The van der Waals surface area contributed by atoms with Crippen molar-refractivity contribution in [3.05, 3.63) is 76.9 Å². The third-order valence-corrected chi connectivity index (χ3v) is 7.33. The molecule has 1 unspecified atom stereocenters. The molecule has 0 spiro atoms. The molecule has 0 bridgehead atoms. The van der Waals surface area contributed by atoms with Crippen molar-refractivity contribution in [1.82, 2.24) is 19.7 Å². The summed E-state index contributed by atoms with van der Waals surface area (Å²) >= 11 is 0. The second-order valence-corrected chi connectivity index (χ2v) is 9.80. The van der Waals surface area contributed by atoms with E-state index in [2.05, 4.69) is 28.3 Å². The number of aryl methyl sites for hydroxylation is 1. The van der Waals surface area contributed by atoms with Crippen molar-refractivity contribution in [2.24, 2.45) is 0 Å². The lowest BCUT2D eigenvalue weighted by atomic mass is 9.90. The molecular weight excluding hydrogens is 466 g/mol. The van der Waals surface area contributed by atoms with E-state index in [1.807, 2.05) is 37.3 Å². The zero-order valence-electron chi connectivity index (χ0n) is 21.9. The van der Waals surface area contributed by atoms with Crippen LogP contribution in [0.2, 0.25) is 0 Å². The molecule has 1 N–H and O–H groups in total. The Morgan fingerprint density at radius 1 is 1.16 bits per heavy atom. The number of nitrogens with one attached hydrogen (secondary N) is 1. The maximum Gasteiger partial charge on any atom is 0.259 e. The SMILES string of the molecule is COCc1ccc(-n2ncc(C(=O)Nc3cnc(C4=CCC(N5CCOCC5)CC4)c(C)c3)c2C)cc1. The average molecular weight is 502 g/mol. The summed E-state index contributed by atoms with van der Waals surface area (Å²) in [6.07, 6.45) is 8.92. The second-order valence-electron chi connectivity index (χ2n) is 9.80. The third kappa shape index (κ3) is 5.66. The number of hydrogen-bond donors (Lipinski definition) is 1. The molecule has 2 aromatic heterocycles. The summed E-state index contributed by atoms with van der Waals surface area (Å²) in [6, 6.07) is 10.6. The summed E-state index contributed by atoms with van der Waals surface area (Å²) < 4.78 is 12.5. The van der Waals surface area contributed by atoms with Crippen LogP contribution in [0.4, 0.5) is 5.69 Å². The topological polar surface area (TPSA) is 81.5 Å². The highest BCUT2D eigenvalue weighted by Gasteiger charge is 2.24. The van der Waals surface area contributed by atoms with Crippen molar-refractivity contribution in [3.8, 4) is 5.69 Å². The van der Waals surface area contributed by atoms with Crippen molar-refractivity contribution in [2.75, 3.05) is 38.7 Å². The number of rotatable bonds is 7. The van der Waals surface area contributed by atoms with Gasteiger partial charge in [-0.2, -0.15) is 5.10 Å². The molecule has 3 aromatic rings. The van der Waals surface area contributed by atoms with E-state index >= 15 is 0 Å². The zero-order valence-corrected chi connectivity index (χ0v) is 21.9. The summed E-state index contributed by atoms with van der Waals surface area (Å²) in [4.78, 5) is 20.4. The predicted octanol–water partition coefficient (Wildman–Crippen LogP) is 4.55. The van der Waals surface area contributed by atoms with Crippen molar-refractivity contribution in [3.63, 3.8) is 0 Å². The molecule has 1 saturated heterocycles. The third-order valence-electron chi connectivity index (χ3n) is 7.33. The van der Waals surface area contributed by atoms with Gasteiger partial charge in [-0.3, -0.25) is 14.7 Å². The van der Waals surface area contributed by atoms with Crippen LogP contribution >= 0.6 is 0 Å². The molecule has 0 radical (unpaired) electrons. The van der Waals surface area contributed by atoms with Gasteiger partial charge >= 0.3 is 0 Å². The van der Waals surface area contributed by atoms with Crippen molar-refractivity contribution >= 4 is 17.2 Å². The Morgan fingerprint density at radius 3 is 2.62 bits per heavy atom. The Bertz CT molecular complexity index is 1280. The number of methoxy groups -OCH3 is 1. The van der Waals surface area contributed by atoms with E-state index < -0.39 is 0 Å². The number of anilines is 1. The minimum absolute atomic E-state index is 0.195. The van der Waals surface area contributed by atoms with Crippen LogP contribution in [-0.2, 0) is 16.1 Å². The molecule has 37 heavy (non-hydrogen) atoms. The molecule has 1 amide bonds. The smallest absolute Gasteiger partial charge is 0.259 e. The normalized spacial score (nSPS) is 18.5. The summed E-state index contributed by atoms with van der Waals surface area (Å²) in [5.74, 6) is -0.195. The number of carbonyl (C=O) groups excluding carboxylic acids is 1. The quantitative estimate of drug-likeness (QED) is 0.512. The van der Waals surface area contributed by atoms with Gasteiger partial charge in [0.05, 0.1) is 60.5 Å². The van der Waals surface area contributed by atoms with Gasteiger partial charge in [-0.15, -0.1) is 0 Å². The number of morpholine rings is 1. The Hall–Kier alpha value is -3.33. The zero-order chi connectivity index (χ0) is 25.8. The predicted molar refractivity (Wildman–Crippen MR) is 144 cm³/mol. The van der Waals surface area contributed by atoms with E-state index in [1.54, 1.807) is 24.2 Å². The molecular formula is C29H35N5O3. The number of aromatic nitrogens is 3. The molecule has 8 heteroatoms. The van der Waals surface area contributed by atoms with Crippen LogP contribution < -0.4 is 5.32 Å². The molecule has 1 aliphatic carbocycles. The fraction of sp³-hybridized carbons (Fsp3) is 0.414. The van der Waals surface area contributed by atoms with E-state index in [4.69, 9.17) is 14.5 Å². The fourth-order valence-electron chi connectivity index (χ4n) is 5.28. The molecule has 5 rings (SSSR count). The van der Waals surface area contributed by atoms with E-state index in [0.717, 1.165) is 73.8 Å². The first-order chi connectivity index (χ1) is 18.0. The van der Waals surface area contributed by atoms with Gasteiger partial charge < -0.3 is 14.8 Å². The Labute approximate surface area is 218 Å². The van der Waals surface area contributed by atoms with Crippen LogP contribution in [0.25, 0.3) is 11.3 Å². The van der Waals surface area contributed by atoms with Crippen LogP contribution in [0.15, 0.2) is 48.8 Å². The van der Waals surface area contributed by atoms with Crippen LogP contribution in [0.5, 0.6) is 0 Å². The Balaban J connectivity index is 1.24. The largest absolute Gasteiger partial charge is 0.380 e.